The first-order valence-electron chi connectivity index (χ1n) is 23.1. The van der Waals surface area contributed by atoms with E-state index < -0.39 is 0 Å². The summed E-state index contributed by atoms with van der Waals surface area (Å²) in [4.78, 5) is 2.68. The van der Waals surface area contributed by atoms with Gasteiger partial charge in [0.2, 0.25) is 0 Å². The number of anilines is 2. The molecule has 0 bridgehead atoms. The zero-order valence-electron chi connectivity index (χ0n) is 36.3. The van der Waals surface area contributed by atoms with Crippen LogP contribution in [0.3, 0.4) is 0 Å². The van der Waals surface area contributed by atoms with Crippen LogP contribution in [0.1, 0.15) is 62.1 Å². The molecule has 1 aliphatic heterocycles. The Kier molecular flexibility index (Phi) is 6.62. The molecule has 6 heterocycles. The summed E-state index contributed by atoms with van der Waals surface area (Å²) < 4.78 is 7.98. The Labute approximate surface area is 369 Å². The highest BCUT2D eigenvalue weighted by Gasteiger charge is 2.42. The second kappa shape index (κ2) is 12.1. The van der Waals surface area contributed by atoms with Crippen molar-refractivity contribution in [3.8, 4) is 5.69 Å². The standard InChI is InChI=1S/C60H44N4/c1-33(2)49-51-53-55-41(37-23-11-15-27-45(37)61(55)35-19-7-5-8-20-35)31-43-40-26-14-18-30-48(40)64(57(43)53)60(51)50(34(3)4)52-54-56-42(32-44-39-25-13-17-29-47(39)63(58(44)54)59(49)52)38-24-12-16-28-46(38)62(56)36-21-9-6-10-22-36/h5-34,37,45H,1-4H3. The predicted octanol–water partition coefficient (Wildman–Crippen LogP) is 16.1. The second-order valence-corrected chi connectivity index (χ2v) is 19.1. The Bertz CT molecular complexity index is 4190. The first kappa shape index (κ1) is 35.0. The van der Waals surface area contributed by atoms with Gasteiger partial charge in [0.25, 0.3) is 0 Å². The number of hydrogen-bond acceptors (Lipinski definition) is 1. The summed E-state index contributed by atoms with van der Waals surface area (Å²) in [5.74, 6) is 0.649. The summed E-state index contributed by atoms with van der Waals surface area (Å²) in [5, 5.41) is 13.4. The molecule has 0 saturated heterocycles. The van der Waals surface area contributed by atoms with Gasteiger partial charge in [-0.05, 0) is 83.1 Å². The highest BCUT2D eigenvalue weighted by Crippen LogP contribution is 2.59. The number of allylic oxidation sites excluding steroid dienone is 2. The van der Waals surface area contributed by atoms with Crippen LogP contribution >= 0.6 is 0 Å². The van der Waals surface area contributed by atoms with Crippen LogP contribution in [-0.2, 0) is 0 Å². The van der Waals surface area contributed by atoms with Gasteiger partial charge >= 0.3 is 0 Å². The SMILES string of the molecule is CC(C)c1c2c3c4c(cc5c6ccccc6n(c2c(C(C)C)c2c6c7c(cc8c9ccccc9n(c12)c86)C1C=CC=CC1N7c1ccccc1)c53)c1ccccc1n4-c1ccccc1. The van der Waals surface area contributed by atoms with Gasteiger partial charge in [-0.1, -0.05) is 143 Å². The molecule has 5 aromatic heterocycles. The molecule has 2 unspecified atom stereocenters. The normalized spacial score (nSPS) is 16.6. The molecule has 13 aromatic rings. The Balaban J connectivity index is 1.29. The molecule has 0 radical (unpaired) electrons. The summed E-state index contributed by atoms with van der Waals surface area (Å²) in [6, 6.07) is 54.9. The fraction of sp³-hybridized carbons (Fsp3) is 0.133. The Hall–Kier alpha value is -7.56. The summed E-state index contributed by atoms with van der Waals surface area (Å²) >= 11 is 0. The lowest BCUT2D eigenvalue weighted by Gasteiger charge is -2.29. The number of benzene rings is 8. The smallest absolute Gasteiger partial charge is 0.0642 e. The molecule has 4 heteroatoms. The van der Waals surface area contributed by atoms with Crippen molar-refractivity contribution in [1.82, 2.24) is 13.4 Å². The van der Waals surface area contributed by atoms with Gasteiger partial charge in [0.1, 0.15) is 0 Å². The van der Waals surface area contributed by atoms with E-state index in [9.17, 15) is 0 Å². The largest absolute Gasteiger partial charge is 0.333 e. The molecule has 0 N–H and O–H groups in total. The summed E-state index contributed by atoms with van der Waals surface area (Å²) in [6.07, 6.45) is 9.39. The van der Waals surface area contributed by atoms with E-state index in [0.717, 1.165) is 0 Å². The maximum atomic E-state index is 2.71. The molecule has 1 aliphatic carbocycles. The lowest BCUT2D eigenvalue weighted by Crippen LogP contribution is -2.28. The Morgan fingerprint density at radius 3 is 1.52 bits per heavy atom. The molecular weight excluding hydrogens is 777 g/mol. The molecule has 0 spiro atoms. The first-order chi connectivity index (χ1) is 31.5. The van der Waals surface area contributed by atoms with E-state index in [-0.39, 0.29) is 23.8 Å². The van der Waals surface area contributed by atoms with Crippen LogP contribution in [0.15, 0.2) is 170 Å². The van der Waals surface area contributed by atoms with E-state index in [1.807, 2.05) is 0 Å². The van der Waals surface area contributed by atoms with Crippen molar-refractivity contribution in [2.45, 2.75) is 51.5 Å². The molecule has 304 valence electrons. The second-order valence-electron chi connectivity index (χ2n) is 19.1. The quantitative estimate of drug-likeness (QED) is 0.173. The summed E-state index contributed by atoms with van der Waals surface area (Å²) in [5.41, 5.74) is 18.5. The van der Waals surface area contributed by atoms with Gasteiger partial charge in [0, 0.05) is 71.2 Å². The van der Waals surface area contributed by atoms with E-state index in [1.54, 1.807) is 0 Å². The van der Waals surface area contributed by atoms with E-state index in [1.165, 1.54) is 132 Å². The fourth-order valence-corrected chi connectivity index (χ4v) is 13.0. The predicted molar refractivity (Wildman–Crippen MR) is 272 cm³/mol. The highest BCUT2D eigenvalue weighted by molar-refractivity contribution is 6.38. The maximum Gasteiger partial charge on any atom is 0.0642 e. The molecule has 15 rings (SSSR count). The molecule has 0 saturated carbocycles. The minimum absolute atomic E-state index is 0.181. The van der Waals surface area contributed by atoms with Crippen LogP contribution in [-0.4, -0.2) is 19.4 Å². The van der Waals surface area contributed by atoms with Crippen LogP contribution in [0.25, 0.3) is 104 Å². The van der Waals surface area contributed by atoms with Crippen molar-refractivity contribution in [1.29, 1.82) is 0 Å². The molecule has 2 atom stereocenters. The third-order valence-electron chi connectivity index (χ3n) is 15.2. The number of hydrogen-bond donors (Lipinski definition) is 0. The number of aromatic nitrogens is 3. The van der Waals surface area contributed by atoms with E-state index in [0.29, 0.717) is 0 Å². The monoisotopic (exact) mass is 820 g/mol. The van der Waals surface area contributed by atoms with Crippen LogP contribution in [0.4, 0.5) is 11.4 Å². The maximum absolute atomic E-state index is 2.71. The number of nitrogens with zero attached hydrogens (tertiary/aromatic N) is 4. The van der Waals surface area contributed by atoms with Crippen molar-refractivity contribution in [3.63, 3.8) is 0 Å². The summed E-state index contributed by atoms with van der Waals surface area (Å²) in [7, 11) is 0. The topological polar surface area (TPSA) is 17.0 Å². The van der Waals surface area contributed by atoms with E-state index >= 15 is 0 Å². The van der Waals surface area contributed by atoms with Gasteiger partial charge in [-0.3, -0.25) is 0 Å². The van der Waals surface area contributed by atoms with Gasteiger partial charge in [0.05, 0.1) is 55.9 Å². The van der Waals surface area contributed by atoms with Crippen molar-refractivity contribution < 1.29 is 0 Å². The fourth-order valence-electron chi connectivity index (χ4n) is 13.0. The minimum Gasteiger partial charge on any atom is -0.333 e. The number of para-hydroxylation sites is 5. The average Bonchev–Trinajstić information content (AvgIpc) is 4.16. The van der Waals surface area contributed by atoms with Crippen molar-refractivity contribution in [2.24, 2.45) is 0 Å². The van der Waals surface area contributed by atoms with Crippen LogP contribution < -0.4 is 4.90 Å². The zero-order valence-corrected chi connectivity index (χ0v) is 36.3. The van der Waals surface area contributed by atoms with E-state index in [2.05, 4.69) is 216 Å². The molecule has 8 aromatic carbocycles. The van der Waals surface area contributed by atoms with Crippen LogP contribution in [0.2, 0.25) is 0 Å². The van der Waals surface area contributed by atoms with Crippen LogP contribution in [0.5, 0.6) is 0 Å². The van der Waals surface area contributed by atoms with Gasteiger partial charge in [-0.15, -0.1) is 0 Å². The molecule has 2 aliphatic rings. The van der Waals surface area contributed by atoms with Gasteiger partial charge < -0.3 is 18.3 Å². The third-order valence-corrected chi connectivity index (χ3v) is 15.2. The average molecular weight is 821 g/mol. The first-order valence-corrected chi connectivity index (χ1v) is 23.1. The summed E-state index contributed by atoms with van der Waals surface area (Å²) in [6.45, 7) is 9.77. The van der Waals surface area contributed by atoms with Crippen LogP contribution in [0, 0.1) is 0 Å². The molecule has 0 fully saturated rings. The Morgan fingerprint density at radius 2 is 0.891 bits per heavy atom. The molecule has 0 amide bonds. The van der Waals surface area contributed by atoms with Gasteiger partial charge in [-0.25, -0.2) is 0 Å². The van der Waals surface area contributed by atoms with Crippen molar-refractivity contribution in [3.05, 3.63) is 187 Å². The number of fused-ring (bicyclic) bond motifs is 20. The lowest BCUT2D eigenvalue weighted by molar-refractivity contribution is 0.745. The number of rotatable bonds is 4. The van der Waals surface area contributed by atoms with E-state index in [4.69, 9.17) is 0 Å². The molecule has 64 heavy (non-hydrogen) atoms. The zero-order chi connectivity index (χ0) is 42.3. The lowest BCUT2D eigenvalue weighted by atomic mass is 9.85. The van der Waals surface area contributed by atoms with Gasteiger partial charge in [-0.2, -0.15) is 0 Å². The van der Waals surface area contributed by atoms with Gasteiger partial charge in [0.15, 0.2) is 0 Å². The van der Waals surface area contributed by atoms with Crippen molar-refractivity contribution in [2.75, 3.05) is 4.90 Å². The Morgan fingerprint density at radius 1 is 0.406 bits per heavy atom. The minimum atomic E-state index is 0.181. The highest BCUT2D eigenvalue weighted by atomic mass is 15.2. The van der Waals surface area contributed by atoms with Crippen molar-refractivity contribution >= 4 is 109 Å². The third kappa shape index (κ3) is 4.03. The molecular formula is C60H44N4. The molecule has 4 nitrogen and oxygen atoms in total.